The number of rotatable bonds is 4. The van der Waals surface area contributed by atoms with Crippen LogP contribution in [-0.4, -0.2) is 22.1 Å². The highest BCUT2D eigenvalue weighted by molar-refractivity contribution is 7.17. The Morgan fingerprint density at radius 3 is 3.06 bits per heavy atom. The molecule has 4 nitrogen and oxygen atoms in total. The van der Waals surface area contributed by atoms with Crippen LogP contribution in [0, 0.1) is 0 Å². The van der Waals surface area contributed by atoms with Gasteiger partial charge in [-0.05, 0) is 24.8 Å². The van der Waals surface area contributed by atoms with Crippen molar-refractivity contribution in [1.29, 1.82) is 0 Å². The smallest absolute Gasteiger partial charge is 0.234 e. The van der Waals surface area contributed by atoms with E-state index >= 15 is 0 Å². The third-order valence-corrected chi connectivity index (χ3v) is 3.45. The van der Waals surface area contributed by atoms with Gasteiger partial charge < -0.3 is 10.5 Å². The van der Waals surface area contributed by atoms with Gasteiger partial charge in [0.1, 0.15) is 17.6 Å². The number of fused-ring (bicyclic) bond motifs is 1. The van der Waals surface area contributed by atoms with E-state index in [0.717, 1.165) is 16.6 Å². The number of thiophene rings is 1. The maximum Gasteiger partial charge on any atom is 0.234 e. The molecule has 2 aromatic rings. The second-order valence-corrected chi connectivity index (χ2v) is 5.03. The van der Waals surface area contributed by atoms with E-state index in [0.29, 0.717) is 12.5 Å². The maximum absolute atomic E-state index is 6.02. The van der Waals surface area contributed by atoms with Gasteiger partial charge in [-0.15, -0.1) is 11.3 Å². The Morgan fingerprint density at radius 1 is 1.50 bits per heavy atom. The van der Waals surface area contributed by atoms with E-state index < -0.39 is 0 Å². The van der Waals surface area contributed by atoms with Crippen LogP contribution >= 0.6 is 11.3 Å². The van der Waals surface area contributed by atoms with Crippen molar-refractivity contribution in [2.24, 2.45) is 5.73 Å². The molecule has 0 fully saturated rings. The first-order chi connectivity index (χ1) is 7.62. The van der Waals surface area contributed by atoms with Crippen LogP contribution in [0.1, 0.15) is 20.3 Å². The van der Waals surface area contributed by atoms with Gasteiger partial charge in [-0.2, -0.15) is 0 Å². The van der Waals surface area contributed by atoms with Gasteiger partial charge >= 0.3 is 0 Å². The number of hydrogen-bond donors (Lipinski definition) is 1. The molecule has 0 saturated carbocycles. The number of nitrogens with zero attached hydrogens (tertiary/aromatic N) is 2. The van der Waals surface area contributed by atoms with Gasteiger partial charge in [-0.3, -0.25) is 0 Å². The van der Waals surface area contributed by atoms with Crippen LogP contribution in [0.3, 0.4) is 0 Å². The molecule has 0 aliphatic rings. The molecule has 0 aliphatic carbocycles. The van der Waals surface area contributed by atoms with E-state index in [1.165, 1.54) is 6.33 Å². The summed E-state index contributed by atoms with van der Waals surface area (Å²) in [4.78, 5) is 8.29. The number of ether oxygens (including phenoxy) is 1. The monoisotopic (exact) mass is 237 g/mol. The largest absolute Gasteiger partial charge is 0.475 e. The normalized spacial score (nSPS) is 14.9. The molecule has 2 heterocycles. The summed E-state index contributed by atoms with van der Waals surface area (Å²) in [5, 5.41) is 1.98. The van der Waals surface area contributed by atoms with Gasteiger partial charge in [0.2, 0.25) is 5.88 Å². The van der Waals surface area contributed by atoms with Crippen LogP contribution in [0.5, 0.6) is 5.88 Å². The highest BCUT2D eigenvalue weighted by atomic mass is 32.1. The van der Waals surface area contributed by atoms with E-state index in [-0.39, 0.29) is 5.54 Å². The van der Waals surface area contributed by atoms with Crippen molar-refractivity contribution in [3.8, 4) is 5.88 Å². The van der Waals surface area contributed by atoms with Gasteiger partial charge in [-0.25, -0.2) is 9.97 Å². The Bertz CT molecular complexity index is 481. The first-order valence-electron chi connectivity index (χ1n) is 5.22. The zero-order valence-electron chi connectivity index (χ0n) is 9.43. The molecule has 5 heteroatoms. The summed E-state index contributed by atoms with van der Waals surface area (Å²) < 4.78 is 6.65. The number of aromatic nitrogens is 2. The Morgan fingerprint density at radius 2 is 2.31 bits per heavy atom. The molecule has 2 N–H and O–H groups in total. The molecule has 86 valence electrons. The highest BCUT2D eigenvalue weighted by Crippen LogP contribution is 2.27. The van der Waals surface area contributed by atoms with Gasteiger partial charge in [0.15, 0.2) is 0 Å². The molecule has 2 rings (SSSR count). The molecule has 0 aliphatic heterocycles. The Balaban J connectivity index is 2.18. The quantitative estimate of drug-likeness (QED) is 0.885. The van der Waals surface area contributed by atoms with E-state index in [9.17, 15) is 0 Å². The number of hydrogen-bond acceptors (Lipinski definition) is 5. The lowest BCUT2D eigenvalue weighted by Gasteiger charge is -2.22. The lowest BCUT2D eigenvalue weighted by atomic mass is 10.0. The summed E-state index contributed by atoms with van der Waals surface area (Å²) in [6.45, 7) is 4.48. The fourth-order valence-electron chi connectivity index (χ4n) is 1.20. The van der Waals surface area contributed by atoms with Crippen molar-refractivity contribution in [2.75, 3.05) is 6.61 Å². The van der Waals surface area contributed by atoms with Crippen LogP contribution in [0.4, 0.5) is 0 Å². The molecule has 16 heavy (non-hydrogen) atoms. The van der Waals surface area contributed by atoms with Crippen molar-refractivity contribution in [1.82, 2.24) is 9.97 Å². The van der Waals surface area contributed by atoms with Crippen molar-refractivity contribution in [3.63, 3.8) is 0 Å². The van der Waals surface area contributed by atoms with Crippen LogP contribution in [0.2, 0.25) is 0 Å². The van der Waals surface area contributed by atoms with Crippen LogP contribution < -0.4 is 10.5 Å². The zero-order chi connectivity index (χ0) is 11.6. The van der Waals surface area contributed by atoms with Crippen molar-refractivity contribution in [3.05, 3.63) is 17.8 Å². The summed E-state index contributed by atoms with van der Waals surface area (Å²) in [6.07, 6.45) is 2.38. The van der Waals surface area contributed by atoms with Crippen molar-refractivity contribution in [2.45, 2.75) is 25.8 Å². The minimum absolute atomic E-state index is 0.311. The second kappa shape index (κ2) is 4.35. The van der Waals surface area contributed by atoms with Crippen molar-refractivity contribution >= 4 is 21.6 Å². The predicted molar refractivity (Wildman–Crippen MR) is 65.8 cm³/mol. The third-order valence-electron chi connectivity index (χ3n) is 2.56. The molecular weight excluding hydrogens is 222 g/mol. The molecular formula is C11H15N3OS. The Hall–Kier alpha value is -1.20. The summed E-state index contributed by atoms with van der Waals surface area (Å²) in [6, 6.07) is 1.95. The van der Waals surface area contributed by atoms with Gasteiger partial charge in [0.05, 0.1) is 5.52 Å². The fourth-order valence-corrected chi connectivity index (χ4v) is 1.99. The SMILES string of the molecule is CCC(C)(N)COc1ncnc2ccsc12. The predicted octanol–water partition coefficient (Wildman–Crippen LogP) is 2.20. The molecule has 0 bridgehead atoms. The van der Waals surface area contributed by atoms with Gasteiger partial charge in [0.25, 0.3) is 0 Å². The minimum Gasteiger partial charge on any atom is -0.475 e. The lowest BCUT2D eigenvalue weighted by molar-refractivity contribution is 0.221. The first kappa shape index (κ1) is 11.3. The molecule has 0 spiro atoms. The standard InChI is InChI=1S/C11H15N3OS/c1-3-11(2,12)6-15-10-9-8(4-5-16-9)13-7-14-10/h4-5,7H,3,6,12H2,1-2H3. The van der Waals surface area contributed by atoms with E-state index in [1.54, 1.807) is 11.3 Å². The zero-order valence-corrected chi connectivity index (χ0v) is 10.3. The van der Waals surface area contributed by atoms with Gasteiger partial charge in [-0.1, -0.05) is 6.92 Å². The first-order valence-corrected chi connectivity index (χ1v) is 6.10. The molecule has 0 amide bonds. The summed E-state index contributed by atoms with van der Waals surface area (Å²) in [5.41, 5.74) is 6.63. The lowest BCUT2D eigenvalue weighted by Crippen LogP contribution is -2.41. The topological polar surface area (TPSA) is 61.0 Å². The minimum atomic E-state index is -0.311. The molecule has 1 atom stereocenters. The van der Waals surface area contributed by atoms with Crippen LogP contribution in [0.25, 0.3) is 10.2 Å². The van der Waals surface area contributed by atoms with Crippen LogP contribution in [-0.2, 0) is 0 Å². The van der Waals surface area contributed by atoms with E-state index in [2.05, 4.69) is 9.97 Å². The maximum atomic E-state index is 6.02. The molecule has 0 saturated heterocycles. The highest BCUT2D eigenvalue weighted by Gasteiger charge is 2.17. The third kappa shape index (κ3) is 2.31. The Labute approximate surface area is 98.5 Å². The average Bonchev–Trinajstić information content (AvgIpc) is 2.75. The molecule has 2 aromatic heterocycles. The Kier molecular flexibility index (Phi) is 3.07. The fraction of sp³-hybridized carbons (Fsp3) is 0.455. The van der Waals surface area contributed by atoms with E-state index in [1.807, 2.05) is 25.3 Å². The molecule has 1 unspecified atom stereocenters. The molecule has 0 aromatic carbocycles. The van der Waals surface area contributed by atoms with Crippen LogP contribution in [0.15, 0.2) is 17.8 Å². The second-order valence-electron chi connectivity index (χ2n) is 4.11. The number of nitrogens with two attached hydrogens (primary N) is 1. The summed E-state index contributed by atoms with van der Waals surface area (Å²) >= 11 is 1.58. The summed E-state index contributed by atoms with van der Waals surface area (Å²) in [7, 11) is 0. The van der Waals surface area contributed by atoms with Gasteiger partial charge in [0, 0.05) is 5.54 Å². The van der Waals surface area contributed by atoms with E-state index in [4.69, 9.17) is 10.5 Å². The average molecular weight is 237 g/mol. The molecule has 0 radical (unpaired) electrons. The van der Waals surface area contributed by atoms with Crippen molar-refractivity contribution < 1.29 is 4.74 Å². The summed E-state index contributed by atoms with van der Waals surface area (Å²) in [5.74, 6) is 0.630.